The topological polar surface area (TPSA) is 109 Å². The molecule has 2 aromatic heterocycles. The van der Waals surface area contributed by atoms with Gasteiger partial charge < -0.3 is 4.42 Å². The van der Waals surface area contributed by atoms with E-state index in [4.69, 9.17) is 4.42 Å². The molecule has 0 radical (unpaired) electrons. The van der Waals surface area contributed by atoms with Crippen molar-refractivity contribution in [1.82, 2.24) is 25.5 Å². The number of hydrogen-bond acceptors (Lipinski definition) is 6. The van der Waals surface area contributed by atoms with E-state index in [9.17, 15) is 14.4 Å². The number of rotatable bonds is 7. The lowest BCUT2D eigenvalue weighted by Gasteiger charge is -2.15. The first kappa shape index (κ1) is 21.3. The van der Waals surface area contributed by atoms with Crippen LogP contribution in [-0.2, 0) is 13.1 Å². The van der Waals surface area contributed by atoms with Crippen molar-refractivity contribution < 1.29 is 14.0 Å². The lowest BCUT2D eigenvalue weighted by molar-refractivity contribution is 0.0826. The van der Waals surface area contributed by atoms with Gasteiger partial charge in [0, 0.05) is 11.9 Å². The Balaban J connectivity index is 1.73. The highest BCUT2D eigenvalue weighted by molar-refractivity contribution is 6.05. The van der Waals surface area contributed by atoms with Crippen LogP contribution in [0.1, 0.15) is 47.6 Å². The minimum atomic E-state index is -0.628. The number of fused-ring (bicyclic) bond motifs is 1. The smallest absolute Gasteiger partial charge is 0.305 e. The molecule has 0 aliphatic carbocycles. The van der Waals surface area contributed by atoms with Gasteiger partial charge in [-0.3, -0.25) is 30.1 Å². The van der Waals surface area contributed by atoms with Crippen molar-refractivity contribution in [3.05, 3.63) is 64.0 Å². The molecule has 0 fully saturated rings. The number of aromatic nitrogens is 2. The number of amides is 2. The highest BCUT2D eigenvalue weighted by atomic mass is 16.4. The zero-order chi connectivity index (χ0) is 21.7. The molecule has 0 unspecified atom stereocenters. The first-order valence-electron chi connectivity index (χ1n) is 9.90. The van der Waals surface area contributed by atoms with Crippen molar-refractivity contribution in [3.63, 3.8) is 0 Å². The van der Waals surface area contributed by atoms with Gasteiger partial charge in [0.15, 0.2) is 11.5 Å². The molecule has 2 heterocycles. The molecule has 30 heavy (non-hydrogen) atoms. The lowest BCUT2D eigenvalue weighted by Crippen LogP contribution is -2.42. The molecule has 0 aliphatic rings. The van der Waals surface area contributed by atoms with E-state index in [1.807, 2.05) is 0 Å². The van der Waals surface area contributed by atoms with Gasteiger partial charge in [-0.2, -0.15) is 5.10 Å². The molecule has 0 aliphatic heterocycles. The van der Waals surface area contributed by atoms with Crippen LogP contribution in [0.3, 0.4) is 0 Å². The van der Waals surface area contributed by atoms with Crippen molar-refractivity contribution in [2.45, 2.75) is 33.9 Å². The van der Waals surface area contributed by atoms with Crippen LogP contribution >= 0.6 is 0 Å². The summed E-state index contributed by atoms with van der Waals surface area (Å²) in [6.45, 7) is 8.52. The number of nitrogens with one attached hydrogen (secondary N) is 2. The maximum Gasteiger partial charge on any atom is 0.305 e. The first-order valence-corrected chi connectivity index (χ1v) is 9.90. The van der Waals surface area contributed by atoms with Crippen molar-refractivity contribution in [3.8, 4) is 0 Å². The standard InChI is InChI=1S/C21H25N5O4/c1-4-25(5-2)13-14-11-12-17(30-14)19(27)22-23-20(28)18-15-9-7-8-10-16(15)21(29)26(6-3)24-18/h7-12H,4-6,13H2,1-3H3,(H,22,27)(H,23,28). The van der Waals surface area contributed by atoms with Crippen molar-refractivity contribution in [2.75, 3.05) is 13.1 Å². The number of aryl methyl sites for hydroxylation is 1. The van der Waals surface area contributed by atoms with Gasteiger partial charge in [0.2, 0.25) is 0 Å². The van der Waals surface area contributed by atoms with Crippen LogP contribution in [0.5, 0.6) is 0 Å². The predicted molar refractivity (Wildman–Crippen MR) is 112 cm³/mol. The Morgan fingerprint density at radius 2 is 1.67 bits per heavy atom. The second kappa shape index (κ2) is 9.36. The third kappa shape index (κ3) is 4.41. The van der Waals surface area contributed by atoms with E-state index < -0.39 is 11.8 Å². The molecule has 158 valence electrons. The molecule has 3 rings (SSSR count). The molecule has 0 saturated carbocycles. The summed E-state index contributed by atoms with van der Waals surface area (Å²) in [5.41, 5.74) is 4.46. The molecule has 9 nitrogen and oxygen atoms in total. The summed E-state index contributed by atoms with van der Waals surface area (Å²) >= 11 is 0. The van der Waals surface area contributed by atoms with Crippen molar-refractivity contribution in [2.24, 2.45) is 0 Å². The number of furan rings is 1. The highest BCUT2D eigenvalue weighted by Gasteiger charge is 2.18. The Bertz CT molecular complexity index is 1110. The summed E-state index contributed by atoms with van der Waals surface area (Å²) in [5, 5.41) is 4.94. The van der Waals surface area contributed by atoms with Gasteiger partial charge >= 0.3 is 5.91 Å². The van der Waals surface area contributed by atoms with E-state index in [1.54, 1.807) is 43.3 Å². The van der Waals surface area contributed by atoms with Crippen LogP contribution in [0.25, 0.3) is 10.8 Å². The molecule has 0 saturated heterocycles. The normalized spacial score (nSPS) is 11.1. The molecule has 2 amide bonds. The molecule has 2 N–H and O–H groups in total. The quantitative estimate of drug-likeness (QED) is 0.575. The maximum absolute atomic E-state index is 12.7. The number of benzene rings is 1. The van der Waals surface area contributed by atoms with Crippen LogP contribution in [-0.4, -0.2) is 39.6 Å². The summed E-state index contributed by atoms with van der Waals surface area (Å²) in [7, 11) is 0. The number of carbonyl (C=O) groups is 2. The average molecular weight is 411 g/mol. The summed E-state index contributed by atoms with van der Waals surface area (Å²) in [4.78, 5) is 39.6. The van der Waals surface area contributed by atoms with Crippen LogP contribution in [0.15, 0.2) is 45.6 Å². The third-order valence-corrected chi connectivity index (χ3v) is 4.83. The number of hydrazine groups is 1. The Morgan fingerprint density at radius 1 is 1.00 bits per heavy atom. The average Bonchev–Trinajstić information content (AvgIpc) is 3.24. The fraction of sp³-hybridized carbons (Fsp3) is 0.333. The Morgan fingerprint density at radius 3 is 2.33 bits per heavy atom. The second-order valence-electron chi connectivity index (χ2n) is 6.65. The van der Waals surface area contributed by atoms with E-state index in [0.29, 0.717) is 29.6 Å². The van der Waals surface area contributed by atoms with Gasteiger partial charge in [-0.1, -0.05) is 32.0 Å². The fourth-order valence-electron chi connectivity index (χ4n) is 3.10. The fourth-order valence-corrected chi connectivity index (χ4v) is 3.10. The van der Waals surface area contributed by atoms with Gasteiger partial charge in [0.1, 0.15) is 5.76 Å². The van der Waals surface area contributed by atoms with E-state index in [0.717, 1.165) is 13.1 Å². The monoisotopic (exact) mass is 411 g/mol. The SMILES string of the molecule is CCN(CC)Cc1ccc(C(=O)NNC(=O)c2nn(CC)c(=O)c3ccccc23)o1. The minimum absolute atomic E-state index is 0.0500. The molecule has 0 atom stereocenters. The van der Waals surface area contributed by atoms with Gasteiger partial charge in [-0.15, -0.1) is 0 Å². The molecular weight excluding hydrogens is 386 g/mol. The second-order valence-corrected chi connectivity index (χ2v) is 6.65. The zero-order valence-corrected chi connectivity index (χ0v) is 17.3. The van der Waals surface area contributed by atoms with E-state index in [-0.39, 0.29) is 17.0 Å². The van der Waals surface area contributed by atoms with Crippen LogP contribution in [0, 0.1) is 0 Å². The summed E-state index contributed by atoms with van der Waals surface area (Å²) in [6.07, 6.45) is 0. The lowest BCUT2D eigenvalue weighted by atomic mass is 10.1. The molecule has 9 heteroatoms. The largest absolute Gasteiger partial charge is 0.454 e. The van der Waals surface area contributed by atoms with Crippen molar-refractivity contribution in [1.29, 1.82) is 0 Å². The Hall–Kier alpha value is -3.46. The number of nitrogens with zero attached hydrogens (tertiary/aromatic N) is 3. The van der Waals surface area contributed by atoms with Crippen LogP contribution in [0.2, 0.25) is 0 Å². The summed E-state index contributed by atoms with van der Waals surface area (Å²) < 4.78 is 6.79. The van der Waals surface area contributed by atoms with Gasteiger partial charge in [-0.05, 0) is 38.2 Å². The highest BCUT2D eigenvalue weighted by Crippen LogP contribution is 2.13. The molecule has 0 spiro atoms. The molecular formula is C21H25N5O4. The van der Waals surface area contributed by atoms with E-state index in [1.165, 1.54) is 4.68 Å². The van der Waals surface area contributed by atoms with Crippen molar-refractivity contribution >= 4 is 22.6 Å². The van der Waals surface area contributed by atoms with Gasteiger partial charge in [-0.25, -0.2) is 4.68 Å². The van der Waals surface area contributed by atoms with Gasteiger partial charge in [0.25, 0.3) is 11.5 Å². The van der Waals surface area contributed by atoms with E-state index in [2.05, 4.69) is 34.7 Å². The Labute approximate surface area is 173 Å². The Kier molecular flexibility index (Phi) is 6.63. The molecule has 0 bridgehead atoms. The minimum Gasteiger partial charge on any atom is -0.454 e. The molecule has 1 aromatic carbocycles. The van der Waals surface area contributed by atoms with Crippen LogP contribution < -0.4 is 16.4 Å². The predicted octanol–water partition coefficient (Wildman–Crippen LogP) is 1.93. The van der Waals surface area contributed by atoms with E-state index >= 15 is 0 Å². The summed E-state index contributed by atoms with van der Waals surface area (Å²) in [5.74, 6) is -0.453. The van der Waals surface area contributed by atoms with Gasteiger partial charge in [0.05, 0.1) is 11.9 Å². The molecule has 3 aromatic rings. The first-order chi connectivity index (χ1) is 14.5. The maximum atomic E-state index is 12.7. The number of carbonyl (C=O) groups excluding carboxylic acids is 2. The van der Waals surface area contributed by atoms with Crippen LogP contribution in [0.4, 0.5) is 0 Å². The third-order valence-electron chi connectivity index (χ3n) is 4.83. The number of hydrogen-bond donors (Lipinski definition) is 2. The zero-order valence-electron chi connectivity index (χ0n) is 17.3. The summed E-state index contributed by atoms with van der Waals surface area (Å²) in [6, 6.07) is 10.0.